The van der Waals surface area contributed by atoms with Crippen LogP contribution in [0.4, 0.5) is 0 Å². The minimum absolute atomic E-state index is 0.0932. The van der Waals surface area contributed by atoms with Gasteiger partial charge in [0, 0.05) is 18.1 Å². The lowest BCUT2D eigenvalue weighted by Crippen LogP contribution is -2.56. The molecule has 7 nitrogen and oxygen atoms in total. The third-order valence-electron chi connectivity index (χ3n) is 3.88. The minimum Gasteiger partial charge on any atom is -0.391 e. The molecular formula is C14H19N5O2. The highest BCUT2D eigenvalue weighted by Gasteiger charge is 2.42. The molecule has 3 rings (SSSR count). The number of aromatic nitrogens is 4. The van der Waals surface area contributed by atoms with Crippen LogP contribution in [0.25, 0.3) is 0 Å². The lowest BCUT2D eigenvalue weighted by molar-refractivity contribution is -0.125. The van der Waals surface area contributed by atoms with E-state index in [-0.39, 0.29) is 24.5 Å². The summed E-state index contributed by atoms with van der Waals surface area (Å²) < 4.78 is 3.38. The molecule has 0 saturated heterocycles. The Morgan fingerprint density at radius 1 is 1.52 bits per heavy atom. The van der Waals surface area contributed by atoms with Gasteiger partial charge in [-0.1, -0.05) is 0 Å². The molecule has 0 spiro atoms. The smallest absolute Gasteiger partial charge is 0.242 e. The largest absolute Gasteiger partial charge is 0.391 e. The van der Waals surface area contributed by atoms with Crippen LogP contribution in [0.5, 0.6) is 0 Å². The van der Waals surface area contributed by atoms with Crippen LogP contribution in [0.15, 0.2) is 24.5 Å². The third kappa shape index (κ3) is 2.69. The maximum atomic E-state index is 12.1. The van der Waals surface area contributed by atoms with Gasteiger partial charge in [0.05, 0.1) is 23.9 Å². The van der Waals surface area contributed by atoms with Crippen LogP contribution in [0.1, 0.15) is 23.9 Å². The molecule has 1 saturated carbocycles. The van der Waals surface area contributed by atoms with Crippen LogP contribution in [-0.4, -0.2) is 42.7 Å². The van der Waals surface area contributed by atoms with Gasteiger partial charge in [-0.05, 0) is 32.4 Å². The van der Waals surface area contributed by atoms with E-state index in [2.05, 4.69) is 15.5 Å². The van der Waals surface area contributed by atoms with Crippen LogP contribution in [0.3, 0.4) is 0 Å². The summed E-state index contributed by atoms with van der Waals surface area (Å²) in [7, 11) is 0. The van der Waals surface area contributed by atoms with Crippen LogP contribution in [0, 0.1) is 13.8 Å². The summed E-state index contributed by atoms with van der Waals surface area (Å²) >= 11 is 0. The zero-order valence-electron chi connectivity index (χ0n) is 12.1. The molecule has 0 aromatic carbocycles. The highest BCUT2D eigenvalue weighted by Crippen LogP contribution is 2.32. The summed E-state index contributed by atoms with van der Waals surface area (Å²) in [6, 6.07) is 3.46. The normalized spacial score (nSPS) is 24.6. The van der Waals surface area contributed by atoms with E-state index in [0.29, 0.717) is 6.42 Å². The van der Waals surface area contributed by atoms with Gasteiger partial charge in [-0.3, -0.25) is 14.2 Å². The van der Waals surface area contributed by atoms with Crippen molar-refractivity contribution < 1.29 is 9.90 Å². The molecule has 0 aliphatic heterocycles. The SMILES string of the molecule is Cc1cc(C)n(CC(=O)N[C@H]2C[C@@H](O)[C@@H]2n2cccn2)n1. The van der Waals surface area contributed by atoms with E-state index in [1.165, 1.54) is 0 Å². The molecule has 2 heterocycles. The molecular weight excluding hydrogens is 270 g/mol. The van der Waals surface area contributed by atoms with Crippen molar-refractivity contribution in [3.8, 4) is 0 Å². The lowest BCUT2D eigenvalue weighted by Gasteiger charge is -2.41. The van der Waals surface area contributed by atoms with Crippen molar-refractivity contribution in [1.29, 1.82) is 0 Å². The van der Waals surface area contributed by atoms with Gasteiger partial charge in [0.15, 0.2) is 0 Å². The molecule has 2 aromatic heterocycles. The van der Waals surface area contributed by atoms with Crippen molar-refractivity contribution in [1.82, 2.24) is 24.9 Å². The second-order valence-electron chi connectivity index (χ2n) is 5.54. The maximum Gasteiger partial charge on any atom is 0.242 e. The highest BCUT2D eigenvalue weighted by molar-refractivity contribution is 5.76. The number of aliphatic hydroxyl groups excluding tert-OH is 1. The Kier molecular flexibility index (Phi) is 3.50. The van der Waals surface area contributed by atoms with Crippen molar-refractivity contribution in [2.24, 2.45) is 0 Å². The molecule has 21 heavy (non-hydrogen) atoms. The summed E-state index contributed by atoms with van der Waals surface area (Å²) in [5.74, 6) is -0.102. The first-order chi connectivity index (χ1) is 10.0. The Morgan fingerprint density at radius 2 is 2.33 bits per heavy atom. The van der Waals surface area contributed by atoms with E-state index < -0.39 is 6.10 Å². The van der Waals surface area contributed by atoms with Crippen LogP contribution >= 0.6 is 0 Å². The third-order valence-corrected chi connectivity index (χ3v) is 3.88. The number of hydrogen-bond acceptors (Lipinski definition) is 4. The number of rotatable bonds is 4. The first kappa shape index (κ1) is 13.8. The van der Waals surface area contributed by atoms with Gasteiger partial charge in [-0.25, -0.2) is 0 Å². The van der Waals surface area contributed by atoms with Gasteiger partial charge in [0.1, 0.15) is 6.54 Å². The van der Waals surface area contributed by atoms with Crippen molar-refractivity contribution >= 4 is 5.91 Å². The van der Waals surface area contributed by atoms with Gasteiger partial charge in [-0.2, -0.15) is 10.2 Å². The van der Waals surface area contributed by atoms with Crippen molar-refractivity contribution in [3.63, 3.8) is 0 Å². The number of amides is 1. The summed E-state index contributed by atoms with van der Waals surface area (Å²) in [5, 5.41) is 21.2. The monoisotopic (exact) mass is 289 g/mol. The average Bonchev–Trinajstić information content (AvgIpc) is 2.99. The maximum absolute atomic E-state index is 12.1. The number of aliphatic hydroxyl groups is 1. The fraction of sp³-hybridized carbons (Fsp3) is 0.500. The number of carbonyl (C=O) groups excluding carboxylic acids is 1. The molecule has 1 aliphatic carbocycles. The molecule has 1 amide bonds. The summed E-state index contributed by atoms with van der Waals surface area (Å²) in [4.78, 5) is 12.1. The van der Waals surface area contributed by atoms with E-state index in [1.807, 2.05) is 19.9 Å². The van der Waals surface area contributed by atoms with Gasteiger partial charge in [0.2, 0.25) is 5.91 Å². The van der Waals surface area contributed by atoms with Gasteiger partial charge < -0.3 is 10.4 Å². The Morgan fingerprint density at radius 3 is 2.90 bits per heavy atom. The molecule has 0 radical (unpaired) electrons. The van der Waals surface area contributed by atoms with E-state index >= 15 is 0 Å². The lowest BCUT2D eigenvalue weighted by atomic mass is 9.83. The van der Waals surface area contributed by atoms with Crippen molar-refractivity contribution in [2.45, 2.75) is 45.0 Å². The molecule has 1 aliphatic rings. The quantitative estimate of drug-likeness (QED) is 0.841. The number of nitrogens with one attached hydrogen (secondary N) is 1. The first-order valence-electron chi connectivity index (χ1n) is 7.02. The summed E-state index contributed by atoms with van der Waals surface area (Å²) in [5.41, 5.74) is 1.86. The van der Waals surface area contributed by atoms with Crippen LogP contribution < -0.4 is 5.32 Å². The zero-order chi connectivity index (χ0) is 15.0. The van der Waals surface area contributed by atoms with Crippen LogP contribution in [-0.2, 0) is 11.3 Å². The van der Waals surface area contributed by atoms with E-state index in [4.69, 9.17) is 0 Å². The Bertz CT molecular complexity index is 634. The predicted molar refractivity (Wildman–Crippen MR) is 75.5 cm³/mol. The van der Waals surface area contributed by atoms with E-state index in [0.717, 1.165) is 11.4 Å². The molecule has 112 valence electrons. The molecule has 2 aromatic rings. The molecule has 0 unspecified atom stereocenters. The van der Waals surface area contributed by atoms with E-state index in [9.17, 15) is 9.90 Å². The fourth-order valence-corrected chi connectivity index (χ4v) is 2.80. The molecule has 1 fully saturated rings. The van der Waals surface area contributed by atoms with Gasteiger partial charge in [0.25, 0.3) is 0 Å². The second-order valence-corrected chi connectivity index (χ2v) is 5.54. The molecule has 7 heteroatoms. The number of aryl methyl sites for hydroxylation is 2. The molecule has 3 atom stereocenters. The molecule has 0 bridgehead atoms. The average molecular weight is 289 g/mol. The Hall–Kier alpha value is -2.15. The summed E-state index contributed by atoms with van der Waals surface area (Å²) in [6.45, 7) is 4.02. The topological polar surface area (TPSA) is 85.0 Å². The van der Waals surface area contributed by atoms with E-state index in [1.54, 1.807) is 27.8 Å². The second kappa shape index (κ2) is 5.33. The summed E-state index contributed by atoms with van der Waals surface area (Å²) in [6.07, 6.45) is 3.55. The first-order valence-corrected chi connectivity index (χ1v) is 7.02. The number of nitrogens with zero attached hydrogens (tertiary/aromatic N) is 4. The van der Waals surface area contributed by atoms with Crippen molar-refractivity contribution in [2.75, 3.05) is 0 Å². The highest BCUT2D eigenvalue weighted by atomic mass is 16.3. The predicted octanol–water partition coefficient (Wildman–Crippen LogP) is 0.187. The number of hydrogen-bond donors (Lipinski definition) is 2. The standard InChI is InChI=1S/C14H19N5O2/c1-9-6-10(2)19(17-9)8-13(21)16-11-7-12(20)14(11)18-5-3-4-15-18/h3-6,11-12,14,20H,7-8H2,1-2H3,(H,16,21)/t11-,12+,14+/m0/s1. The zero-order valence-corrected chi connectivity index (χ0v) is 12.1. The van der Waals surface area contributed by atoms with Gasteiger partial charge in [-0.15, -0.1) is 0 Å². The Labute approximate surface area is 122 Å². The van der Waals surface area contributed by atoms with Crippen LogP contribution in [0.2, 0.25) is 0 Å². The van der Waals surface area contributed by atoms with Crippen molar-refractivity contribution in [3.05, 3.63) is 35.9 Å². The van der Waals surface area contributed by atoms with Gasteiger partial charge >= 0.3 is 0 Å². The molecule has 2 N–H and O–H groups in total. The fourth-order valence-electron chi connectivity index (χ4n) is 2.80. The minimum atomic E-state index is -0.469. The number of carbonyl (C=O) groups is 1. The Balaban J connectivity index is 1.61.